The molecular formula is C36H43ClFN4O6. The minimum atomic E-state index is -1.50. The van der Waals surface area contributed by atoms with Gasteiger partial charge in [-0.15, -0.1) is 0 Å². The number of aromatic nitrogens is 1. The molecule has 2 aliphatic heterocycles. The van der Waals surface area contributed by atoms with Gasteiger partial charge in [0, 0.05) is 76.9 Å². The lowest BCUT2D eigenvalue weighted by molar-refractivity contribution is -0.253. The first-order valence-electron chi connectivity index (χ1n) is 16.7. The number of nitrogens with one attached hydrogen (secondary N) is 1. The van der Waals surface area contributed by atoms with Gasteiger partial charge < -0.3 is 24.1 Å². The fraction of sp³-hybridized carbons (Fsp3) is 0.528. The summed E-state index contributed by atoms with van der Waals surface area (Å²) in [5.74, 6) is -3.04. The number of ketones is 1. The number of anilines is 1. The molecule has 10 nitrogen and oxygen atoms in total. The molecule has 48 heavy (non-hydrogen) atoms. The molecule has 6 rings (SSSR count). The third-order valence-electron chi connectivity index (χ3n) is 10.2. The van der Waals surface area contributed by atoms with Gasteiger partial charge in [-0.25, -0.2) is 4.39 Å². The molecule has 3 aromatic rings. The zero-order valence-corrected chi connectivity index (χ0v) is 28.4. The van der Waals surface area contributed by atoms with Gasteiger partial charge in [-0.3, -0.25) is 24.2 Å². The van der Waals surface area contributed by atoms with Gasteiger partial charge >= 0.3 is 0 Å². The normalized spacial score (nSPS) is 24.9. The second kappa shape index (κ2) is 14.7. The number of methoxy groups -OCH3 is 2. The lowest BCUT2D eigenvalue weighted by atomic mass is 9.88. The van der Waals surface area contributed by atoms with E-state index in [2.05, 4.69) is 16.5 Å². The van der Waals surface area contributed by atoms with Gasteiger partial charge in [0.2, 0.25) is 12.1 Å². The largest absolute Gasteiger partial charge is 0.377 e. The number of ether oxygens (including phenoxy) is 3. The van der Waals surface area contributed by atoms with Crippen molar-refractivity contribution >= 4 is 46.2 Å². The standard InChI is InChI=1S/C36H43ClFN4O6/c1-40-19-27(26-8-4-5-9-31(26)40)35(45)39-30-18-29(38)24(16-28(30)37)17-34(44)36(41-14-6-7-15-41,42-20-32(46-2)33(21-42)47-3)48-25-12-10-23(22-43)11-13-25/h4-5,8-9,16,18-19,23,25,32-33H,6-7,10-15,17,20-21H2,1-3H3,(H,39,45)/t23-,25-,32-,33+,36?. The Morgan fingerprint density at radius 3 is 2.33 bits per heavy atom. The number of amides is 1. The topological polar surface area (TPSA) is 102 Å². The summed E-state index contributed by atoms with van der Waals surface area (Å²) < 4.78 is 36.2. The van der Waals surface area contributed by atoms with Crippen LogP contribution in [0.1, 0.15) is 54.4 Å². The van der Waals surface area contributed by atoms with Crippen LogP contribution in [0.15, 0.2) is 42.6 Å². The van der Waals surface area contributed by atoms with Crippen molar-refractivity contribution in [3.8, 4) is 0 Å². The van der Waals surface area contributed by atoms with Crippen molar-refractivity contribution in [2.45, 2.75) is 69.1 Å². The number of carbonyl (C=O) groups excluding carboxylic acids is 3. The number of rotatable bonds is 12. The molecule has 1 saturated carbocycles. The first-order valence-corrected chi connectivity index (χ1v) is 17.0. The van der Waals surface area contributed by atoms with Crippen LogP contribution >= 0.6 is 11.6 Å². The average Bonchev–Trinajstić information content (AvgIpc) is 3.86. The molecule has 1 aromatic heterocycles. The van der Waals surface area contributed by atoms with Crippen LogP contribution in [0.25, 0.3) is 10.9 Å². The maximum absolute atomic E-state index is 15.9. The van der Waals surface area contributed by atoms with E-state index in [1.54, 1.807) is 20.4 Å². The molecule has 3 atom stereocenters. The van der Waals surface area contributed by atoms with Gasteiger partial charge in [0.15, 0.2) is 5.78 Å². The van der Waals surface area contributed by atoms with Crippen LogP contribution in [0.5, 0.6) is 0 Å². The van der Waals surface area contributed by atoms with Gasteiger partial charge in [0.25, 0.3) is 5.91 Å². The van der Waals surface area contributed by atoms with E-state index in [-0.39, 0.29) is 52.7 Å². The highest BCUT2D eigenvalue weighted by atomic mass is 35.5. The molecule has 1 unspecified atom stereocenters. The number of fused-ring (bicyclic) bond motifs is 1. The van der Waals surface area contributed by atoms with Gasteiger partial charge in [0.05, 0.1) is 34.6 Å². The molecule has 1 aliphatic carbocycles. The number of halogens is 2. The van der Waals surface area contributed by atoms with E-state index in [4.69, 9.17) is 25.8 Å². The van der Waals surface area contributed by atoms with E-state index in [1.165, 1.54) is 12.1 Å². The van der Waals surface area contributed by atoms with Crippen molar-refractivity contribution in [2.24, 2.45) is 13.0 Å². The second-order valence-electron chi connectivity index (χ2n) is 13.1. The van der Waals surface area contributed by atoms with Crippen molar-refractivity contribution in [3.05, 3.63) is 64.6 Å². The summed E-state index contributed by atoms with van der Waals surface area (Å²) in [6.07, 6.45) is 6.99. The second-order valence-corrected chi connectivity index (χ2v) is 13.5. The molecule has 2 saturated heterocycles. The van der Waals surface area contributed by atoms with Gasteiger partial charge in [-0.1, -0.05) is 29.8 Å². The number of Topliss-reactive ketones (excluding diaryl/α,β-unsaturated/α-hetero) is 1. The molecular weight excluding hydrogens is 639 g/mol. The Balaban J connectivity index is 1.30. The Morgan fingerprint density at radius 1 is 1.02 bits per heavy atom. The van der Waals surface area contributed by atoms with Crippen molar-refractivity contribution in [1.29, 1.82) is 0 Å². The highest BCUT2D eigenvalue weighted by Gasteiger charge is 2.56. The first kappa shape index (κ1) is 34.7. The van der Waals surface area contributed by atoms with Crippen LogP contribution in [0, 0.1) is 11.7 Å². The average molecular weight is 682 g/mol. The summed E-state index contributed by atoms with van der Waals surface area (Å²) in [5.41, 5.74) is 1.54. The molecule has 1 N–H and O–H groups in total. The van der Waals surface area contributed by atoms with E-state index < -0.39 is 17.6 Å². The van der Waals surface area contributed by atoms with Crippen molar-refractivity contribution < 1.29 is 33.0 Å². The molecule has 3 heterocycles. The molecule has 0 bridgehead atoms. The van der Waals surface area contributed by atoms with Crippen molar-refractivity contribution in [1.82, 2.24) is 14.4 Å². The summed E-state index contributed by atoms with van der Waals surface area (Å²) in [6.45, 7) is 2.04. The third kappa shape index (κ3) is 6.68. The number of hydrogen-bond acceptors (Lipinski definition) is 8. The number of benzene rings is 2. The first-order chi connectivity index (χ1) is 23.2. The molecule has 1 radical (unpaired) electrons. The lowest BCUT2D eigenvalue weighted by Crippen LogP contribution is -2.67. The van der Waals surface area contributed by atoms with Gasteiger partial charge in [0.1, 0.15) is 5.82 Å². The Morgan fingerprint density at radius 2 is 1.69 bits per heavy atom. The fourth-order valence-electron chi connectivity index (χ4n) is 7.58. The predicted octanol–water partition coefficient (Wildman–Crippen LogP) is 5.12. The Hall–Kier alpha value is -3.19. The maximum atomic E-state index is 15.9. The molecule has 3 fully saturated rings. The number of likely N-dealkylation sites (tertiary alicyclic amines) is 2. The van der Waals surface area contributed by atoms with E-state index >= 15 is 4.39 Å². The minimum absolute atomic E-state index is 0.102. The molecule has 12 heteroatoms. The summed E-state index contributed by atoms with van der Waals surface area (Å²) in [7, 11) is 5.09. The van der Waals surface area contributed by atoms with E-state index in [0.29, 0.717) is 57.4 Å². The fourth-order valence-corrected chi connectivity index (χ4v) is 7.82. The quantitative estimate of drug-likeness (QED) is 0.281. The third-order valence-corrected chi connectivity index (χ3v) is 10.5. The van der Waals surface area contributed by atoms with Crippen LogP contribution < -0.4 is 5.32 Å². The summed E-state index contributed by atoms with van der Waals surface area (Å²) in [4.78, 5) is 43.5. The number of aryl methyl sites for hydroxylation is 1. The monoisotopic (exact) mass is 681 g/mol. The van der Waals surface area contributed by atoms with Crippen LogP contribution in [0.2, 0.25) is 5.02 Å². The van der Waals surface area contributed by atoms with E-state index in [0.717, 1.165) is 23.7 Å². The Labute approximate surface area is 285 Å². The number of hydrogen-bond donors (Lipinski definition) is 1. The predicted molar refractivity (Wildman–Crippen MR) is 180 cm³/mol. The molecule has 257 valence electrons. The Bertz CT molecular complexity index is 1640. The summed E-state index contributed by atoms with van der Waals surface area (Å²) >= 11 is 6.65. The van der Waals surface area contributed by atoms with Crippen molar-refractivity contribution in [2.75, 3.05) is 45.7 Å². The van der Waals surface area contributed by atoms with Crippen LogP contribution in [-0.4, -0.2) is 96.9 Å². The van der Waals surface area contributed by atoms with Gasteiger partial charge in [-0.2, -0.15) is 0 Å². The number of carbonyl (C=O) groups is 2. The van der Waals surface area contributed by atoms with Crippen LogP contribution in [0.3, 0.4) is 0 Å². The lowest BCUT2D eigenvalue weighted by Gasteiger charge is -2.48. The van der Waals surface area contributed by atoms with E-state index in [1.807, 2.05) is 40.8 Å². The summed E-state index contributed by atoms with van der Waals surface area (Å²) in [5, 5.41) is 3.63. The van der Waals surface area contributed by atoms with Crippen LogP contribution in [0.4, 0.5) is 10.1 Å². The molecule has 2 aromatic carbocycles. The SMILES string of the molecule is CO[C@H]1CN(C(O[C@H]2CC[C@H]([C]=O)CC2)(C(=O)Cc2cc(Cl)c(NC(=O)c3cn(C)c4ccccc34)cc2F)N2CCCC2)C[C@H]1OC. The number of nitrogens with zero attached hydrogens (tertiary/aromatic N) is 3. The maximum Gasteiger partial charge on any atom is 0.257 e. The van der Waals surface area contributed by atoms with E-state index in [9.17, 15) is 14.4 Å². The molecule has 1 amide bonds. The zero-order valence-electron chi connectivity index (χ0n) is 27.7. The number of para-hydroxylation sites is 1. The molecule has 3 aliphatic rings. The molecule has 0 spiro atoms. The minimum Gasteiger partial charge on any atom is -0.377 e. The smallest absolute Gasteiger partial charge is 0.257 e. The summed E-state index contributed by atoms with van der Waals surface area (Å²) in [6, 6.07) is 10.1. The van der Waals surface area contributed by atoms with Crippen molar-refractivity contribution in [3.63, 3.8) is 0 Å². The highest BCUT2D eigenvalue weighted by molar-refractivity contribution is 6.34. The zero-order chi connectivity index (χ0) is 34.0. The highest BCUT2D eigenvalue weighted by Crippen LogP contribution is 2.38. The van der Waals surface area contributed by atoms with Gasteiger partial charge in [-0.05, 0) is 62.3 Å². The van der Waals surface area contributed by atoms with Crippen LogP contribution in [-0.2, 0) is 37.3 Å². The Kier molecular flexibility index (Phi) is 10.6.